The predicted molar refractivity (Wildman–Crippen MR) is 112 cm³/mol. The molecule has 1 heterocycles. The quantitative estimate of drug-likeness (QED) is 0.302. The molecule has 0 radical (unpaired) electrons. The second-order valence-electron chi connectivity index (χ2n) is 6.07. The first-order chi connectivity index (χ1) is 13.7. The van der Waals surface area contributed by atoms with Crippen molar-refractivity contribution in [1.29, 1.82) is 0 Å². The molecule has 0 aliphatic heterocycles. The third-order valence-electron chi connectivity index (χ3n) is 3.81. The van der Waals surface area contributed by atoms with E-state index in [2.05, 4.69) is 20.9 Å². The number of nitrogens with zero attached hydrogens (tertiary/aromatic N) is 1. The Labute approximate surface area is 170 Å². The van der Waals surface area contributed by atoms with Gasteiger partial charge in [-0.05, 0) is 49.2 Å². The van der Waals surface area contributed by atoms with Crippen LogP contribution < -0.4 is 16.0 Å². The number of aliphatic imine (C=N–C) groups is 1. The van der Waals surface area contributed by atoms with Crippen LogP contribution >= 0.6 is 11.6 Å². The molecular weight excluding hydrogens is 380 g/mol. The largest absolute Gasteiger partial charge is 0.467 e. The van der Waals surface area contributed by atoms with Crippen LogP contribution in [0.4, 0.5) is 5.69 Å². The second-order valence-corrected chi connectivity index (χ2v) is 6.51. The Morgan fingerprint density at radius 1 is 1.14 bits per heavy atom. The molecule has 7 nitrogen and oxygen atoms in total. The van der Waals surface area contributed by atoms with Gasteiger partial charge in [-0.2, -0.15) is 0 Å². The molecule has 0 aliphatic rings. The maximum Gasteiger partial charge on any atom is 0.224 e. The van der Waals surface area contributed by atoms with E-state index in [0.717, 1.165) is 24.4 Å². The molecule has 0 spiro atoms. The summed E-state index contributed by atoms with van der Waals surface area (Å²) < 4.78 is 10.7. The number of hydrogen-bond donors (Lipinski definition) is 3. The number of hydrogen-bond acceptors (Lipinski definition) is 4. The average Bonchev–Trinajstić information content (AvgIpc) is 3.21. The molecule has 0 saturated carbocycles. The molecule has 1 aromatic heterocycles. The standard InChI is InChI=1S/C20H27ClN4O3/c1-22-20(24-12-4-13-27-15-18-5-3-14-28-18)23-11-2-6-19(26)25-17-9-7-16(21)8-10-17/h3,5,7-10,14H,2,4,6,11-13,15H2,1H3,(H,25,26)(H2,22,23,24). The first-order valence-electron chi connectivity index (χ1n) is 9.27. The lowest BCUT2D eigenvalue weighted by Crippen LogP contribution is -2.38. The fourth-order valence-corrected chi connectivity index (χ4v) is 2.51. The van der Waals surface area contributed by atoms with Crippen LogP contribution in [0.25, 0.3) is 0 Å². The van der Waals surface area contributed by atoms with E-state index in [1.807, 2.05) is 12.1 Å². The Morgan fingerprint density at radius 3 is 2.57 bits per heavy atom. The van der Waals surface area contributed by atoms with E-state index in [1.165, 1.54) is 0 Å². The molecule has 1 aromatic carbocycles. The van der Waals surface area contributed by atoms with Crippen LogP contribution in [0.15, 0.2) is 52.1 Å². The number of furan rings is 1. The van der Waals surface area contributed by atoms with Crippen molar-refractivity contribution < 1.29 is 13.9 Å². The van der Waals surface area contributed by atoms with Crippen LogP contribution in [0.3, 0.4) is 0 Å². The van der Waals surface area contributed by atoms with E-state index in [4.69, 9.17) is 20.8 Å². The highest BCUT2D eigenvalue weighted by Gasteiger charge is 2.03. The van der Waals surface area contributed by atoms with Gasteiger partial charge in [0.2, 0.25) is 5.91 Å². The molecule has 0 unspecified atom stereocenters. The zero-order valence-corrected chi connectivity index (χ0v) is 16.8. The summed E-state index contributed by atoms with van der Waals surface area (Å²) in [7, 11) is 1.72. The van der Waals surface area contributed by atoms with Crippen molar-refractivity contribution in [1.82, 2.24) is 10.6 Å². The summed E-state index contributed by atoms with van der Waals surface area (Å²) >= 11 is 5.83. The molecule has 8 heteroatoms. The number of rotatable bonds is 11. The van der Waals surface area contributed by atoms with Crippen molar-refractivity contribution in [2.45, 2.75) is 25.9 Å². The summed E-state index contributed by atoms with van der Waals surface area (Å²) in [6, 6.07) is 10.8. The molecule has 0 aliphatic carbocycles. The lowest BCUT2D eigenvalue weighted by molar-refractivity contribution is -0.116. The minimum absolute atomic E-state index is 0.0271. The van der Waals surface area contributed by atoms with Gasteiger partial charge in [-0.25, -0.2) is 0 Å². The second kappa shape index (κ2) is 12.8. The number of amides is 1. The third-order valence-corrected chi connectivity index (χ3v) is 4.06. The fraction of sp³-hybridized carbons (Fsp3) is 0.400. The van der Waals surface area contributed by atoms with Crippen molar-refractivity contribution in [3.8, 4) is 0 Å². The van der Waals surface area contributed by atoms with Gasteiger partial charge < -0.3 is 25.1 Å². The number of guanidine groups is 1. The summed E-state index contributed by atoms with van der Waals surface area (Å²) in [5.41, 5.74) is 0.745. The predicted octanol–water partition coefficient (Wildman–Crippen LogP) is 3.42. The van der Waals surface area contributed by atoms with E-state index in [1.54, 1.807) is 37.6 Å². The number of benzene rings is 1. The van der Waals surface area contributed by atoms with Gasteiger partial charge in [0.05, 0.1) is 6.26 Å². The maximum absolute atomic E-state index is 11.9. The molecule has 28 heavy (non-hydrogen) atoms. The van der Waals surface area contributed by atoms with Gasteiger partial charge >= 0.3 is 0 Å². The van der Waals surface area contributed by atoms with Crippen LogP contribution in [0.5, 0.6) is 0 Å². The zero-order valence-electron chi connectivity index (χ0n) is 16.0. The smallest absolute Gasteiger partial charge is 0.224 e. The molecular formula is C20H27ClN4O3. The van der Waals surface area contributed by atoms with Gasteiger partial charge in [-0.1, -0.05) is 11.6 Å². The van der Waals surface area contributed by atoms with Gasteiger partial charge in [-0.3, -0.25) is 9.79 Å². The highest BCUT2D eigenvalue weighted by atomic mass is 35.5. The van der Waals surface area contributed by atoms with Crippen LogP contribution in [0.1, 0.15) is 25.0 Å². The van der Waals surface area contributed by atoms with Crippen LogP contribution in [0.2, 0.25) is 5.02 Å². The van der Waals surface area contributed by atoms with E-state index in [9.17, 15) is 4.79 Å². The molecule has 0 fully saturated rings. The maximum atomic E-state index is 11.9. The SMILES string of the molecule is CN=C(NCCCOCc1ccco1)NCCCC(=O)Nc1ccc(Cl)cc1. The molecule has 152 valence electrons. The van der Waals surface area contributed by atoms with Crippen molar-refractivity contribution >= 4 is 29.2 Å². The number of carbonyl (C=O) groups excluding carboxylic acids is 1. The molecule has 0 atom stereocenters. The Kier molecular flexibility index (Phi) is 9.96. The normalized spacial score (nSPS) is 11.3. The molecule has 1 amide bonds. The van der Waals surface area contributed by atoms with Gasteiger partial charge in [0, 0.05) is 43.9 Å². The van der Waals surface area contributed by atoms with E-state index in [-0.39, 0.29) is 5.91 Å². The number of halogens is 1. The number of anilines is 1. The zero-order chi connectivity index (χ0) is 20.0. The van der Waals surface area contributed by atoms with Gasteiger partial charge in [0.25, 0.3) is 0 Å². The monoisotopic (exact) mass is 406 g/mol. The minimum Gasteiger partial charge on any atom is -0.467 e. The number of nitrogens with one attached hydrogen (secondary N) is 3. The van der Waals surface area contributed by atoms with Crippen molar-refractivity contribution in [3.63, 3.8) is 0 Å². The first kappa shape index (κ1) is 21.8. The Bertz CT molecular complexity index is 718. The highest BCUT2D eigenvalue weighted by Crippen LogP contribution is 2.13. The van der Waals surface area contributed by atoms with Crippen LogP contribution in [-0.4, -0.2) is 38.6 Å². The highest BCUT2D eigenvalue weighted by molar-refractivity contribution is 6.30. The fourth-order valence-electron chi connectivity index (χ4n) is 2.38. The van der Waals surface area contributed by atoms with Crippen molar-refractivity contribution in [2.24, 2.45) is 4.99 Å². The summed E-state index contributed by atoms with van der Waals surface area (Å²) in [5.74, 6) is 1.51. The van der Waals surface area contributed by atoms with Crippen LogP contribution in [0, 0.1) is 0 Å². The third kappa shape index (κ3) is 8.92. The Morgan fingerprint density at radius 2 is 1.89 bits per heavy atom. The van der Waals surface area contributed by atoms with E-state index >= 15 is 0 Å². The Hall–Kier alpha value is -2.51. The van der Waals surface area contributed by atoms with E-state index < -0.39 is 0 Å². The van der Waals surface area contributed by atoms with Gasteiger partial charge in [0.1, 0.15) is 12.4 Å². The molecule has 0 bridgehead atoms. The number of ether oxygens (including phenoxy) is 1. The number of carbonyl (C=O) groups is 1. The minimum atomic E-state index is -0.0271. The lowest BCUT2D eigenvalue weighted by Gasteiger charge is -2.12. The summed E-state index contributed by atoms with van der Waals surface area (Å²) in [6.45, 7) is 2.52. The van der Waals surface area contributed by atoms with Crippen molar-refractivity contribution in [3.05, 3.63) is 53.4 Å². The topological polar surface area (TPSA) is 87.9 Å². The molecule has 0 saturated heterocycles. The molecule has 2 aromatic rings. The molecule has 3 N–H and O–H groups in total. The van der Waals surface area contributed by atoms with E-state index in [0.29, 0.717) is 43.6 Å². The van der Waals surface area contributed by atoms with Gasteiger partial charge in [0.15, 0.2) is 5.96 Å². The summed E-state index contributed by atoms with van der Waals surface area (Å²) in [4.78, 5) is 16.1. The van der Waals surface area contributed by atoms with Gasteiger partial charge in [-0.15, -0.1) is 0 Å². The Balaban J connectivity index is 1.49. The van der Waals surface area contributed by atoms with Crippen LogP contribution in [-0.2, 0) is 16.1 Å². The van der Waals surface area contributed by atoms with Crippen molar-refractivity contribution in [2.75, 3.05) is 32.1 Å². The average molecular weight is 407 g/mol. The first-order valence-corrected chi connectivity index (χ1v) is 9.65. The summed E-state index contributed by atoms with van der Waals surface area (Å²) in [6.07, 6.45) is 3.61. The summed E-state index contributed by atoms with van der Waals surface area (Å²) in [5, 5.41) is 9.90. The molecule has 2 rings (SSSR count). The lowest BCUT2D eigenvalue weighted by atomic mass is 10.2.